The van der Waals surface area contributed by atoms with Gasteiger partial charge >= 0.3 is 0 Å². The molecule has 6 aromatic rings. The number of benzene rings is 6. The summed E-state index contributed by atoms with van der Waals surface area (Å²) in [5.41, 5.74) is 12.7. The summed E-state index contributed by atoms with van der Waals surface area (Å²) < 4.78 is 11.9. The van der Waals surface area contributed by atoms with Crippen molar-refractivity contribution in [3.05, 3.63) is 190 Å². The monoisotopic (exact) mass is 642 g/mol. The van der Waals surface area contributed by atoms with Gasteiger partial charge in [0, 0.05) is 41.0 Å². The maximum atomic E-state index is 5.97. The smallest absolute Gasteiger partial charge is 0.161 e. The number of rotatable bonds is 8. The maximum absolute atomic E-state index is 5.97. The van der Waals surface area contributed by atoms with Crippen LogP contribution in [-0.4, -0.2) is 13.5 Å². The molecule has 2 aliphatic rings. The summed E-state index contributed by atoms with van der Waals surface area (Å²) in [7, 11) is 0. The molecule has 8 rings (SSSR count). The minimum Gasteiger partial charge on any atom is -0.473 e. The van der Waals surface area contributed by atoms with Crippen molar-refractivity contribution in [3.8, 4) is 11.5 Å². The van der Waals surface area contributed by atoms with Crippen molar-refractivity contribution in [2.75, 3.05) is 23.3 Å². The third-order valence-electron chi connectivity index (χ3n) is 10.2. The Morgan fingerprint density at radius 2 is 0.796 bits per heavy atom. The molecule has 49 heavy (non-hydrogen) atoms. The third-order valence-corrected chi connectivity index (χ3v) is 10.2. The van der Waals surface area contributed by atoms with E-state index in [1.54, 1.807) is 0 Å². The van der Waals surface area contributed by atoms with Crippen molar-refractivity contribution >= 4 is 11.4 Å². The summed E-state index contributed by atoms with van der Waals surface area (Å²) in [5, 5.41) is 0. The molecule has 0 amide bonds. The van der Waals surface area contributed by atoms with E-state index in [4.69, 9.17) is 9.47 Å². The van der Waals surface area contributed by atoms with Crippen LogP contribution in [0.5, 0.6) is 11.5 Å². The lowest BCUT2D eigenvalue weighted by atomic mass is 9.77. The molecule has 6 aromatic carbocycles. The Kier molecular flexibility index (Phi) is 8.30. The van der Waals surface area contributed by atoms with Gasteiger partial charge in [0.25, 0.3) is 0 Å². The molecule has 0 fully saturated rings. The fourth-order valence-electron chi connectivity index (χ4n) is 7.05. The highest BCUT2D eigenvalue weighted by Gasteiger charge is 2.23. The fourth-order valence-corrected chi connectivity index (χ4v) is 7.05. The Labute approximate surface area is 290 Å². The first-order valence-electron chi connectivity index (χ1n) is 17.3. The summed E-state index contributed by atoms with van der Waals surface area (Å²) in [6, 6.07) is 52.8. The first-order chi connectivity index (χ1) is 24.0. The van der Waals surface area contributed by atoms with Crippen molar-refractivity contribution in [1.82, 2.24) is 0 Å². The molecule has 0 bridgehead atoms. The second kappa shape index (κ2) is 13.2. The quantitative estimate of drug-likeness (QED) is 0.165. The van der Waals surface area contributed by atoms with Crippen LogP contribution in [0.2, 0.25) is 0 Å². The SMILES string of the molecule is CC(C)(c1ccc(Cc2ccc(N3COc4ccccc4C3)cc2)cc1)c1ccc(Cc2ccc(N3COc4ccccc4C3)cc2)cc1. The minimum atomic E-state index is -0.0926. The highest BCUT2D eigenvalue weighted by atomic mass is 16.5. The van der Waals surface area contributed by atoms with E-state index in [0.717, 1.165) is 37.4 Å². The predicted octanol–water partition coefficient (Wildman–Crippen LogP) is 9.91. The first kappa shape index (κ1) is 30.8. The van der Waals surface area contributed by atoms with Crippen LogP contribution in [0.25, 0.3) is 0 Å². The topological polar surface area (TPSA) is 24.9 Å². The van der Waals surface area contributed by atoms with Gasteiger partial charge in [-0.25, -0.2) is 0 Å². The summed E-state index contributed by atoms with van der Waals surface area (Å²) in [6.45, 7) is 7.54. The molecule has 0 radical (unpaired) electrons. The van der Waals surface area contributed by atoms with E-state index in [9.17, 15) is 0 Å². The highest BCUT2D eigenvalue weighted by molar-refractivity contribution is 5.53. The Balaban J connectivity index is 0.870. The van der Waals surface area contributed by atoms with Crippen molar-refractivity contribution in [2.45, 2.75) is 45.2 Å². The van der Waals surface area contributed by atoms with Crippen LogP contribution in [0, 0.1) is 0 Å². The van der Waals surface area contributed by atoms with Crippen molar-refractivity contribution in [1.29, 1.82) is 0 Å². The van der Waals surface area contributed by atoms with E-state index in [0.29, 0.717) is 13.5 Å². The zero-order valence-corrected chi connectivity index (χ0v) is 28.3. The highest BCUT2D eigenvalue weighted by Crippen LogP contribution is 2.33. The zero-order valence-electron chi connectivity index (χ0n) is 28.3. The van der Waals surface area contributed by atoms with Crippen molar-refractivity contribution in [3.63, 3.8) is 0 Å². The van der Waals surface area contributed by atoms with Gasteiger partial charge in [0.1, 0.15) is 11.5 Å². The molecule has 4 heteroatoms. The van der Waals surface area contributed by atoms with E-state index in [1.165, 1.54) is 55.9 Å². The van der Waals surface area contributed by atoms with Gasteiger partial charge in [-0.05, 0) is 82.6 Å². The predicted molar refractivity (Wildman–Crippen MR) is 200 cm³/mol. The van der Waals surface area contributed by atoms with Crippen LogP contribution in [0.1, 0.15) is 58.4 Å². The average Bonchev–Trinajstić information content (AvgIpc) is 3.15. The second-order valence-corrected chi connectivity index (χ2v) is 13.9. The molecule has 4 nitrogen and oxygen atoms in total. The second-order valence-electron chi connectivity index (χ2n) is 13.9. The van der Waals surface area contributed by atoms with Gasteiger partial charge in [0.2, 0.25) is 0 Å². The van der Waals surface area contributed by atoms with Gasteiger partial charge in [-0.2, -0.15) is 0 Å². The Bertz CT molecular complexity index is 1880. The van der Waals surface area contributed by atoms with E-state index >= 15 is 0 Å². The van der Waals surface area contributed by atoms with Crippen LogP contribution >= 0.6 is 0 Å². The minimum absolute atomic E-state index is 0.0926. The van der Waals surface area contributed by atoms with Crippen molar-refractivity contribution in [2.24, 2.45) is 0 Å². The third kappa shape index (κ3) is 6.64. The van der Waals surface area contributed by atoms with E-state index in [1.807, 2.05) is 24.3 Å². The summed E-state index contributed by atoms with van der Waals surface area (Å²) in [6.07, 6.45) is 1.82. The van der Waals surface area contributed by atoms with Gasteiger partial charge in [-0.1, -0.05) is 123 Å². The largest absolute Gasteiger partial charge is 0.473 e. The number of hydrogen-bond acceptors (Lipinski definition) is 4. The number of ether oxygens (including phenoxy) is 2. The maximum Gasteiger partial charge on any atom is 0.161 e. The summed E-state index contributed by atoms with van der Waals surface area (Å²) in [5.74, 6) is 1.99. The normalized spacial score (nSPS) is 14.0. The molecule has 0 aromatic heterocycles. The molecular formula is C45H42N2O2. The van der Waals surface area contributed by atoms with Crippen LogP contribution < -0.4 is 19.3 Å². The van der Waals surface area contributed by atoms with E-state index in [-0.39, 0.29) is 5.41 Å². The van der Waals surface area contributed by atoms with Crippen LogP contribution in [0.3, 0.4) is 0 Å². The lowest BCUT2D eigenvalue weighted by Gasteiger charge is -2.30. The number of para-hydroxylation sites is 2. The first-order valence-corrected chi connectivity index (χ1v) is 17.3. The zero-order chi connectivity index (χ0) is 33.2. The molecule has 0 atom stereocenters. The van der Waals surface area contributed by atoms with Crippen LogP contribution in [-0.2, 0) is 31.3 Å². The van der Waals surface area contributed by atoms with Crippen molar-refractivity contribution < 1.29 is 9.47 Å². The molecule has 0 aliphatic carbocycles. The Morgan fingerprint density at radius 3 is 1.18 bits per heavy atom. The molecule has 0 saturated carbocycles. The van der Waals surface area contributed by atoms with Crippen LogP contribution in [0.4, 0.5) is 11.4 Å². The Hall–Kier alpha value is -5.48. The molecule has 0 spiro atoms. The number of anilines is 2. The lowest BCUT2D eigenvalue weighted by molar-refractivity contribution is 0.289. The summed E-state index contributed by atoms with van der Waals surface area (Å²) >= 11 is 0. The standard InChI is InChI=1S/C45H42N2O2/c1-45(2,39-19-11-33(12-20-39)27-35-15-23-41(24-16-35)46-29-37-7-3-5-9-43(37)48-31-46)40-21-13-34(14-22-40)28-36-17-25-42(26-18-36)47-30-38-8-4-6-10-44(38)49-32-47/h3-26H,27-32H2,1-2H3. The van der Waals surface area contributed by atoms with Gasteiger partial charge in [0.05, 0.1) is 0 Å². The average molecular weight is 643 g/mol. The van der Waals surface area contributed by atoms with Gasteiger partial charge in [-0.15, -0.1) is 0 Å². The molecule has 2 aliphatic heterocycles. The molecule has 0 saturated heterocycles. The number of hydrogen-bond donors (Lipinski definition) is 0. The van der Waals surface area contributed by atoms with E-state index < -0.39 is 0 Å². The molecule has 0 unspecified atom stereocenters. The molecular weight excluding hydrogens is 601 g/mol. The van der Waals surface area contributed by atoms with Crippen LogP contribution in [0.15, 0.2) is 146 Å². The van der Waals surface area contributed by atoms with Gasteiger partial charge < -0.3 is 19.3 Å². The lowest BCUT2D eigenvalue weighted by Crippen LogP contribution is -2.31. The van der Waals surface area contributed by atoms with Gasteiger partial charge in [0.15, 0.2) is 13.5 Å². The van der Waals surface area contributed by atoms with E-state index in [2.05, 4.69) is 145 Å². The summed E-state index contributed by atoms with van der Waals surface area (Å²) in [4.78, 5) is 4.55. The Morgan fingerprint density at radius 1 is 0.449 bits per heavy atom. The number of fused-ring (bicyclic) bond motifs is 2. The molecule has 0 N–H and O–H groups in total. The number of nitrogens with zero attached hydrogens (tertiary/aromatic N) is 2. The van der Waals surface area contributed by atoms with Gasteiger partial charge in [-0.3, -0.25) is 0 Å². The molecule has 244 valence electrons. The molecule has 2 heterocycles. The fraction of sp³-hybridized carbons (Fsp3) is 0.200.